The second-order valence-electron chi connectivity index (χ2n) is 18.4. The third kappa shape index (κ3) is 9.39. The van der Waals surface area contributed by atoms with Gasteiger partial charge >= 0.3 is 0 Å². The Morgan fingerprint density at radius 2 is 0.794 bits per heavy atom. The van der Waals surface area contributed by atoms with Crippen molar-refractivity contribution in [3.8, 4) is 11.5 Å². The fraction of sp³-hybridized carbons (Fsp3) is 0.396. The molecule has 0 spiro atoms. The monoisotopic (exact) mass is 1010 g/mol. The number of piperidine rings is 6. The normalized spacial score (nSPS) is 24.9. The van der Waals surface area contributed by atoms with Gasteiger partial charge in [-0.2, -0.15) is 22.7 Å². The van der Waals surface area contributed by atoms with Gasteiger partial charge in [-0.3, -0.25) is 0 Å². The fourth-order valence-electron chi connectivity index (χ4n) is 11.7. The van der Waals surface area contributed by atoms with E-state index in [1.807, 2.05) is 97.1 Å². The van der Waals surface area contributed by atoms with E-state index < -0.39 is 11.2 Å². The zero-order valence-electron chi connectivity index (χ0n) is 36.2. The number of nitrogens with zero attached hydrogens (tertiary/aromatic N) is 2. The van der Waals surface area contributed by atoms with Crippen LogP contribution in [0.25, 0.3) is 0 Å². The molecule has 4 aromatic carbocycles. The highest BCUT2D eigenvalue weighted by atomic mass is 79.9. The number of quaternary nitrogens is 2. The van der Waals surface area contributed by atoms with Crippen molar-refractivity contribution in [2.45, 2.75) is 56.1 Å². The number of para-hydroxylation sites is 2. The first-order valence-corrected chi connectivity index (χ1v) is 24.4. The quantitative estimate of drug-likeness (QED) is 0.118. The largest absolute Gasteiger partial charge is 1.00 e. The SMILES string of the molecule is OC(c1ccccc1)(c1ccccc1)C12CC[N+](CCOc3ccccc3)(CC1)CC2.OC(c1ccsc1)(c1ccsc1)C12CC[N+](CCCOc3ccccc3)(CC1)CC2.[Br-].[Br-]. The van der Waals surface area contributed by atoms with E-state index >= 15 is 0 Å². The zero-order valence-corrected chi connectivity index (χ0v) is 41.0. The first-order valence-electron chi connectivity index (χ1n) is 22.5. The van der Waals surface area contributed by atoms with Gasteiger partial charge < -0.3 is 62.6 Å². The molecule has 10 heteroatoms. The molecule has 6 nitrogen and oxygen atoms in total. The Balaban J connectivity index is 0.000000183. The molecule has 2 aromatic heterocycles. The number of hydrogen-bond acceptors (Lipinski definition) is 6. The summed E-state index contributed by atoms with van der Waals surface area (Å²) in [6.07, 6.45) is 7.48. The summed E-state index contributed by atoms with van der Waals surface area (Å²) in [5.74, 6) is 1.91. The Bertz CT molecular complexity index is 2140. The summed E-state index contributed by atoms with van der Waals surface area (Å²) >= 11 is 3.37. The maximum Gasteiger partial charge on any atom is 0.137 e. The molecule has 6 fully saturated rings. The maximum absolute atomic E-state index is 12.4. The Morgan fingerprint density at radius 3 is 1.17 bits per heavy atom. The van der Waals surface area contributed by atoms with Crippen molar-refractivity contribution in [2.75, 3.05) is 65.6 Å². The van der Waals surface area contributed by atoms with Crippen LogP contribution in [0, 0.1) is 10.8 Å². The smallest absolute Gasteiger partial charge is 0.137 e. The molecule has 2 N–H and O–H groups in total. The van der Waals surface area contributed by atoms with Crippen LogP contribution in [0.15, 0.2) is 155 Å². The maximum atomic E-state index is 12.4. The van der Waals surface area contributed by atoms with Gasteiger partial charge in [-0.25, -0.2) is 0 Å². The number of aliphatic hydroxyl groups is 2. The Morgan fingerprint density at radius 1 is 0.444 bits per heavy atom. The molecule has 4 bridgehead atoms. The topological polar surface area (TPSA) is 58.9 Å². The van der Waals surface area contributed by atoms with E-state index in [9.17, 15) is 10.2 Å². The number of ether oxygens (including phenoxy) is 2. The Labute approximate surface area is 403 Å². The second kappa shape index (κ2) is 20.5. The van der Waals surface area contributed by atoms with Gasteiger partial charge in [0, 0.05) is 55.8 Å². The molecule has 6 aromatic rings. The number of benzene rings is 4. The summed E-state index contributed by atoms with van der Waals surface area (Å²) in [6, 6.07) is 45.1. The molecule has 6 saturated heterocycles. The van der Waals surface area contributed by atoms with Crippen LogP contribution < -0.4 is 43.4 Å². The van der Waals surface area contributed by atoms with Crippen molar-refractivity contribution >= 4 is 22.7 Å². The van der Waals surface area contributed by atoms with Crippen molar-refractivity contribution in [2.24, 2.45) is 10.8 Å². The lowest BCUT2D eigenvalue weighted by Crippen LogP contribution is -3.00. The van der Waals surface area contributed by atoms with Gasteiger partial charge in [0.25, 0.3) is 0 Å². The van der Waals surface area contributed by atoms with Crippen LogP contribution in [0.3, 0.4) is 0 Å². The molecule has 12 rings (SSSR count). The van der Waals surface area contributed by atoms with Crippen molar-refractivity contribution in [3.63, 3.8) is 0 Å². The molecule has 0 amide bonds. The van der Waals surface area contributed by atoms with Crippen LogP contribution in [0.1, 0.15) is 67.2 Å². The molecule has 0 atom stereocenters. The zero-order chi connectivity index (χ0) is 41.7. The van der Waals surface area contributed by atoms with E-state index in [1.54, 1.807) is 22.7 Å². The summed E-state index contributed by atoms with van der Waals surface area (Å²) in [5, 5.41) is 33.2. The standard InChI is InChI=1S/C28H32NO2.C25H30NO2S2.2BrH/c30-28(24-10-4-1-5-11-24,25-12-6-2-7-13-25)27-16-19-29(20-17-27,21-18-27)22-23-31-26-14-8-3-9-15-26;27-25(21-7-17-29-19-21,22-8-18-30-20-22)24-9-13-26(14-10-24,15-11-24)12-4-16-28-23-5-2-1-3-6-23;;/h1-15,30H,16-23H2;1-3,5-8,17-20,27H,4,9-16H2;2*1H/q2*+1;;/p-2. The van der Waals surface area contributed by atoms with Gasteiger partial charge in [0.1, 0.15) is 35.9 Å². The highest BCUT2D eigenvalue weighted by Gasteiger charge is 2.61. The van der Waals surface area contributed by atoms with E-state index in [4.69, 9.17) is 9.47 Å². The van der Waals surface area contributed by atoms with Crippen molar-refractivity contribution < 1.29 is 62.6 Å². The molecule has 63 heavy (non-hydrogen) atoms. The average molecular weight is 1020 g/mol. The number of hydrogen-bond donors (Lipinski definition) is 2. The first-order chi connectivity index (χ1) is 29.8. The minimum atomic E-state index is -0.952. The third-order valence-electron chi connectivity index (χ3n) is 15.6. The Kier molecular flexibility index (Phi) is 15.5. The highest BCUT2D eigenvalue weighted by molar-refractivity contribution is 7.08. The van der Waals surface area contributed by atoms with E-state index in [0.29, 0.717) is 0 Å². The van der Waals surface area contributed by atoms with E-state index in [1.165, 1.54) is 30.7 Å². The van der Waals surface area contributed by atoms with Crippen LogP contribution in [0.5, 0.6) is 11.5 Å². The molecular weight excluding hydrogens is 953 g/mol. The molecule has 334 valence electrons. The molecule has 0 unspecified atom stereocenters. The van der Waals surface area contributed by atoms with Crippen LogP contribution in [-0.4, -0.2) is 84.8 Å². The van der Waals surface area contributed by atoms with E-state index in [-0.39, 0.29) is 44.8 Å². The molecule has 0 aliphatic carbocycles. The van der Waals surface area contributed by atoms with Gasteiger partial charge in [-0.15, -0.1) is 0 Å². The lowest BCUT2D eigenvalue weighted by Gasteiger charge is -2.60. The second-order valence-corrected chi connectivity index (χ2v) is 19.9. The van der Waals surface area contributed by atoms with Gasteiger partial charge in [-0.1, -0.05) is 97.1 Å². The molecule has 0 radical (unpaired) electrons. The van der Waals surface area contributed by atoms with Gasteiger partial charge in [-0.05, 0) is 80.2 Å². The lowest BCUT2D eigenvalue weighted by molar-refractivity contribution is -0.946. The molecule has 0 saturated carbocycles. The lowest BCUT2D eigenvalue weighted by atomic mass is 9.56. The molecule has 6 aliphatic rings. The summed E-state index contributed by atoms with van der Waals surface area (Å²) in [6.45, 7) is 10.6. The van der Waals surface area contributed by atoms with Crippen LogP contribution >= 0.6 is 22.7 Å². The summed E-state index contributed by atoms with van der Waals surface area (Å²) < 4.78 is 14.3. The number of fused-ring (bicyclic) bond motifs is 6. The minimum absolute atomic E-state index is 0. The van der Waals surface area contributed by atoms with Crippen LogP contribution in [0.2, 0.25) is 0 Å². The fourth-order valence-corrected chi connectivity index (χ4v) is 13.1. The first kappa shape index (κ1) is 47.6. The summed E-state index contributed by atoms with van der Waals surface area (Å²) in [5.41, 5.74) is 2.25. The minimum Gasteiger partial charge on any atom is -1.00 e. The van der Waals surface area contributed by atoms with Crippen LogP contribution in [0.4, 0.5) is 0 Å². The summed E-state index contributed by atoms with van der Waals surface area (Å²) in [4.78, 5) is 0. The summed E-state index contributed by atoms with van der Waals surface area (Å²) in [7, 11) is 0. The van der Waals surface area contributed by atoms with E-state index in [0.717, 1.165) is 123 Å². The van der Waals surface area contributed by atoms with Crippen LogP contribution in [-0.2, 0) is 11.2 Å². The van der Waals surface area contributed by atoms with Crippen molar-refractivity contribution in [1.82, 2.24) is 0 Å². The molecule has 6 aliphatic heterocycles. The average Bonchev–Trinajstić information content (AvgIpc) is 4.10. The van der Waals surface area contributed by atoms with Gasteiger partial charge in [0.15, 0.2) is 0 Å². The molecular formula is C53H62Br2N2O4S2. The highest BCUT2D eigenvalue weighted by Crippen LogP contribution is 2.59. The van der Waals surface area contributed by atoms with Crippen molar-refractivity contribution in [3.05, 3.63) is 177 Å². The predicted molar refractivity (Wildman–Crippen MR) is 248 cm³/mol. The van der Waals surface area contributed by atoms with Crippen molar-refractivity contribution in [1.29, 1.82) is 0 Å². The number of rotatable bonds is 15. The Hall–Kier alpha value is -3.32. The number of halogens is 2. The van der Waals surface area contributed by atoms with E-state index in [2.05, 4.69) is 57.9 Å². The van der Waals surface area contributed by atoms with Gasteiger partial charge in [0.2, 0.25) is 0 Å². The predicted octanol–water partition coefficient (Wildman–Crippen LogP) is 4.53. The molecule has 8 heterocycles. The number of thiophene rings is 2. The third-order valence-corrected chi connectivity index (χ3v) is 16.9. The van der Waals surface area contributed by atoms with Gasteiger partial charge in [0.05, 0.1) is 52.4 Å².